The fourth-order valence-corrected chi connectivity index (χ4v) is 11.1. The molecule has 4 aromatic carbocycles. The zero-order valence-corrected chi connectivity index (χ0v) is 44.1. The first-order valence-electron chi connectivity index (χ1n) is 21.7. The summed E-state index contributed by atoms with van der Waals surface area (Å²) in [6.45, 7) is 1.87. The Morgan fingerprint density at radius 1 is 0.392 bits per heavy atom. The summed E-state index contributed by atoms with van der Waals surface area (Å²) in [4.78, 5) is 24.1. The number of morpholine rings is 2. The minimum absolute atomic E-state index is 0. The van der Waals surface area contributed by atoms with Crippen molar-refractivity contribution in [3.8, 4) is 0 Å². The van der Waals surface area contributed by atoms with Crippen LogP contribution >= 0.6 is 0 Å². The van der Waals surface area contributed by atoms with Crippen molar-refractivity contribution < 1.29 is 87.3 Å². The summed E-state index contributed by atoms with van der Waals surface area (Å²) in [5.41, 5.74) is -1.89. The molecule has 418 valence electrons. The molecule has 0 unspecified atom stereocenters. The minimum atomic E-state index is -5.12. The monoisotopic (exact) mass is 1220 g/mol. The molecule has 0 spiro atoms. The molecule has 39 heteroatoms. The molecular formula is C40H41N12NaO20S6. The second-order valence-electron chi connectivity index (χ2n) is 16.3. The topological polar surface area (TPSA) is 477 Å². The molecule has 0 aliphatic carbocycles. The van der Waals surface area contributed by atoms with Crippen LogP contribution in [0.3, 0.4) is 0 Å². The number of hydrogen-bond acceptors (Lipinski definition) is 26. The Hall–Kier alpha value is -6.18. The number of nitrogens with one attached hydrogen (secondary N) is 4. The van der Waals surface area contributed by atoms with Crippen molar-refractivity contribution in [1.82, 2.24) is 29.9 Å². The van der Waals surface area contributed by atoms with E-state index in [1.54, 1.807) is 9.80 Å². The first kappa shape index (κ1) is 60.5. The first-order chi connectivity index (χ1) is 36.4. The molecule has 0 amide bonds. The third-order valence-corrected chi connectivity index (χ3v) is 16.3. The van der Waals surface area contributed by atoms with E-state index in [-0.39, 0.29) is 128 Å². The van der Waals surface area contributed by atoms with Crippen LogP contribution in [0.25, 0.3) is 12.2 Å². The summed E-state index contributed by atoms with van der Waals surface area (Å²) >= 11 is 0. The van der Waals surface area contributed by atoms with Gasteiger partial charge in [-0.25, -0.2) is 0 Å². The third kappa shape index (κ3) is 15.4. The third-order valence-electron chi connectivity index (χ3n) is 10.9. The molecular weight excluding hydrogens is 1180 g/mol. The number of benzene rings is 4. The molecule has 2 aliphatic rings. The van der Waals surface area contributed by atoms with E-state index in [0.29, 0.717) is 24.3 Å². The van der Waals surface area contributed by atoms with Crippen molar-refractivity contribution in [1.29, 1.82) is 0 Å². The summed E-state index contributed by atoms with van der Waals surface area (Å²) in [7, 11) is -30.1. The quantitative estimate of drug-likeness (QED) is 0.0332. The molecule has 0 bridgehead atoms. The summed E-state index contributed by atoms with van der Waals surface area (Å²) in [6.07, 6.45) is 2.16. The van der Waals surface area contributed by atoms with E-state index >= 15 is 0 Å². The van der Waals surface area contributed by atoms with Crippen molar-refractivity contribution in [3.05, 3.63) is 83.9 Å². The van der Waals surface area contributed by atoms with E-state index in [1.165, 1.54) is 24.3 Å². The van der Waals surface area contributed by atoms with Crippen LogP contribution in [0.1, 0.15) is 11.1 Å². The van der Waals surface area contributed by atoms with Crippen LogP contribution in [0.2, 0.25) is 0 Å². The second kappa shape index (κ2) is 23.5. The van der Waals surface area contributed by atoms with Crippen molar-refractivity contribution in [2.75, 3.05) is 83.7 Å². The Kier molecular flexibility index (Phi) is 18.0. The number of anilines is 10. The normalized spacial score (nSPS) is 14.9. The molecule has 2 aromatic heterocycles. The predicted octanol–water partition coefficient (Wildman–Crippen LogP) is 1.71. The van der Waals surface area contributed by atoms with E-state index in [9.17, 15) is 77.8 Å². The zero-order chi connectivity index (χ0) is 56.6. The molecule has 2 fully saturated rings. The molecule has 0 radical (unpaired) electrons. The van der Waals surface area contributed by atoms with Gasteiger partial charge in [0.15, 0.2) is 0 Å². The molecule has 2 aliphatic heterocycles. The van der Waals surface area contributed by atoms with Crippen LogP contribution in [-0.2, 0) is 70.2 Å². The molecule has 6 aromatic rings. The number of hydrogen-bond donors (Lipinski definition) is 10. The molecule has 0 saturated carbocycles. The van der Waals surface area contributed by atoms with Gasteiger partial charge in [-0.3, -0.25) is 27.3 Å². The van der Waals surface area contributed by atoms with Crippen LogP contribution < -0.4 is 31.1 Å². The van der Waals surface area contributed by atoms with Gasteiger partial charge in [-0.1, -0.05) is 24.3 Å². The fraction of sp³-hybridized carbons (Fsp3) is 0.200. The van der Waals surface area contributed by atoms with Gasteiger partial charge in [-0.2, -0.15) is 80.4 Å². The van der Waals surface area contributed by atoms with Crippen LogP contribution in [0.15, 0.2) is 102 Å². The molecule has 79 heavy (non-hydrogen) atoms. The van der Waals surface area contributed by atoms with E-state index in [0.717, 1.165) is 36.4 Å². The molecule has 0 atom stereocenters. The number of rotatable bonds is 18. The van der Waals surface area contributed by atoms with Crippen molar-refractivity contribution in [3.63, 3.8) is 0 Å². The van der Waals surface area contributed by atoms with E-state index < -0.39 is 113 Å². The predicted molar refractivity (Wildman–Crippen MR) is 280 cm³/mol. The van der Waals surface area contributed by atoms with Gasteiger partial charge in [0.25, 0.3) is 60.7 Å². The van der Waals surface area contributed by atoms with Gasteiger partial charge < -0.3 is 40.5 Å². The van der Waals surface area contributed by atoms with Gasteiger partial charge in [0, 0.05) is 37.6 Å². The Labute approximate surface area is 471 Å². The van der Waals surface area contributed by atoms with Crippen molar-refractivity contribution in [2.24, 2.45) is 0 Å². The molecule has 10 N–H and O–H groups in total. The zero-order valence-electron chi connectivity index (χ0n) is 39.2. The molecule has 4 heterocycles. The Balaban J connectivity index is 0.00000903. The SMILES string of the molecule is O=S(=O)(O)c1ccc(S(=O)(=O)O)c(Nc2nc(Nc3ccc(/C=C/c4ccc(Nc5nc(Nc6cc(S(=O)(=O)O)ccc6S(=O)(=O)O)nc(N6CCOCC6)n5)cc4S(=O)(=O)O)c(S(=O)(=O)O)c3)nc(N3CCOCC3)n2)c1.[NaH]. The van der Waals surface area contributed by atoms with Crippen molar-refractivity contribution in [2.45, 2.75) is 29.4 Å². The Bertz CT molecular complexity index is 3840. The van der Waals surface area contributed by atoms with Gasteiger partial charge in [-0.15, -0.1) is 0 Å². The van der Waals surface area contributed by atoms with Crippen LogP contribution in [0, 0.1) is 0 Å². The second-order valence-corrected chi connectivity index (χ2v) is 24.7. The maximum absolute atomic E-state index is 12.9. The average molecular weight is 1230 g/mol. The Morgan fingerprint density at radius 3 is 1.01 bits per heavy atom. The molecule has 8 rings (SSSR count). The van der Waals surface area contributed by atoms with E-state index in [2.05, 4.69) is 51.2 Å². The van der Waals surface area contributed by atoms with Crippen LogP contribution in [-0.4, -0.2) is 190 Å². The number of nitrogens with zero attached hydrogens (tertiary/aromatic N) is 8. The van der Waals surface area contributed by atoms with Crippen molar-refractivity contribution >= 4 is 161 Å². The average Bonchev–Trinajstić information content (AvgIpc) is 3.35. The van der Waals surface area contributed by atoms with Crippen LogP contribution in [0.4, 0.5) is 58.4 Å². The number of ether oxygens (including phenoxy) is 2. The summed E-state index contributed by atoms with van der Waals surface area (Å²) in [5.74, 6) is -1.72. The van der Waals surface area contributed by atoms with Crippen LogP contribution in [0.5, 0.6) is 0 Å². The first-order valence-corrected chi connectivity index (χ1v) is 30.4. The standard InChI is InChI=1S/C40H40N12O20S6.Na.H/c53-73(54,55)27-7-9-31(75(59,60)61)29(21-27)43-37-45-35(47-39(49-37)51-11-15-71-16-12-51)41-25-5-3-23(33(19-25)77(65,66)67)1-2-24-4-6-26(20-34(24)78(68,69)70)42-36-46-38(50-40(48-36)52-13-17-72-18-14-52)44-30-22-28(74(56,57)58)8-10-32(30)76(62,63)64;;/h1-10,19-22H,11-18H2,(H,53,54,55)(H,56,57,58)(H,59,60,61)(H,62,63,64)(H,65,66,67)(H,68,69,70)(H2,41,43,45,47,49)(H2,42,44,46,48,50);;/b2-1+;;. The van der Waals surface area contributed by atoms with E-state index in [4.69, 9.17) is 9.47 Å². The Morgan fingerprint density at radius 2 is 0.709 bits per heavy atom. The van der Waals surface area contributed by atoms with Gasteiger partial charge in [-0.05, 0) is 71.8 Å². The number of aromatic nitrogens is 6. The van der Waals surface area contributed by atoms with Gasteiger partial charge in [0.1, 0.15) is 19.6 Å². The summed E-state index contributed by atoms with van der Waals surface area (Å²) < 4.78 is 219. The van der Waals surface area contributed by atoms with E-state index in [1.807, 2.05) is 0 Å². The maximum atomic E-state index is 12.9. The summed E-state index contributed by atoms with van der Waals surface area (Å²) in [5, 5.41) is 10.5. The van der Waals surface area contributed by atoms with Gasteiger partial charge in [0.2, 0.25) is 35.7 Å². The summed E-state index contributed by atoms with van der Waals surface area (Å²) in [6, 6.07) is 11.0. The van der Waals surface area contributed by atoms with Gasteiger partial charge in [0.05, 0.1) is 47.6 Å². The fourth-order valence-electron chi connectivity index (χ4n) is 7.37. The molecule has 32 nitrogen and oxygen atoms in total. The van der Waals surface area contributed by atoms with Gasteiger partial charge >= 0.3 is 29.6 Å². The molecule has 2 saturated heterocycles.